The monoisotopic (exact) mass is 179 g/mol. The van der Waals surface area contributed by atoms with Crippen LogP contribution in [-0.2, 0) is 0 Å². The Morgan fingerprint density at radius 3 is 2.38 bits per heavy atom. The highest BCUT2D eigenvalue weighted by molar-refractivity contribution is 5.28. The second kappa shape index (κ2) is 4.87. The first-order chi connectivity index (χ1) is 6.24. The summed E-state index contributed by atoms with van der Waals surface area (Å²) >= 11 is 0. The van der Waals surface area contributed by atoms with Gasteiger partial charge in [-0.3, -0.25) is 0 Å². The highest BCUT2D eigenvalue weighted by atomic mass is 16.5. The molecule has 0 amide bonds. The molecule has 0 radical (unpaired) electrons. The molecule has 1 atom stereocenters. The van der Waals surface area contributed by atoms with Crippen molar-refractivity contribution in [3.8, 4) is 5.75 Å². The average molecular weight is 179 g/mol. The Labute approximate surface area is 79.7 Å². The molecule has 1 unspecified atom stereocenters. The van der Waals surface area contributed by atoms with Crippen LogP contribution in [-0.4, -0.2) is 6.61 Å². The molecule has 0 aromatic heterocycles. The number of rotatable bonds is 4. The molecule has 0 aliphatic carbocycles. The van der Waals surface area contributed by atoms with Crippen molar-refractivity contribution in [2.75, 3.05) is 6.61 Å². The fraction of sp³-hybridized carbons (Fsp3) is 0.455. The first kappa shape index (κ1) is 10.1. The Morgan fingerprint density at radius 2 is 1.92 bits per heavy atom. The average Bonchev–Trinajstić information content (AvgIpc) is 2.15. The number of nitrogens with two attached hydrogens (primary N) is 1. The van der Waals surface area contributed by atoms with Crippen LogP contribution in [0.3, 0.4) is 0 Å². The number of hydrogen-bond donors (Lipinski definition) is 1. The SMILES string of the molecule is CCCOc1ccc(C(C)N)cc1. The Kier molecular flexibility index (Phi) is 3.77. The molecule has 72 valence electrons. The van der Waals surface area contributed by atoms with Gasteiger partial charge in [0.15, 0.2) is 0 Å². The summed E-state index contributed by atoms with van der Waals surface area (Å²) < 4.78 is 5.45. The zero-order valence-corrected chi connectivity index (χ0v) is 8.29. The highest BCUT2D eigenvalue weighted by Gasteiger charge is 1.98. The quantitative estimate of drug-likeness (QED) is 0.770. The molecular weight excluding hydrogens is 162 g/mol. The predicted octanol–water partition coefficient (Wildman–Crippen LogP) is 2.50. The molecule has 1 aromatic rings. The Hall–Kier alpha value is -1.02. The Morgan fingerprint density at radius 1 is 1.31 bits per heavy atom. The normalized spacial score (nSPS) is 12.5. The summed E-state index contributed by atoms with van der Waals surface area (Å²) in [6.07, 6.45) is 1.04. The van der Waals surface area contributed by atoms with Crippen molar-refractivity contribution in [1.82, 2.24) is 0 Å². The summed E-state index contributed by atoms with van der Waals surface area (Å²) in [5.74, 6) is 0.922. The van der Waals surface area contributed by atoms with Crippen molar-refractivity contribution in [2.45, 2.75) is 26.3 Å². The van der Waals surface area contributed by atoms with Gasteiger partial charge < -0.3 is 10.5 Å². The van der Waals surface area contributed by atoms with Crippen LogP contribution in [0.15, 0.2) is 24.3 Å². The largest absolute Gasteiger partial charge is 0.494 e. The lowest BCUT2D eigenvalue weighted by Gasteiger charge is -2.07. The molecule has 2 N–H and O–H groups in total. The van der Waals surface area contributed by atoms with E-state index in [4.69, 9.17) is 10.5 Å². The van der Waals surface area contributed by atoms with Crippen LogP contribution in [0.5, 0.6) is 5.75 Å². The first-order valence-electron chi connectivity index (χ1n) is 4.72. The van der Waals surface area contributed by atoms with Crippen LogP contribution < -0.4 is 10.5 Å². The standard InChI is InChI=1S/C11H17NO/c1-3-8-13-11-6-4-10(5-7-11)9(2)12/h4-7,9H,3,8,12H2,1-2H3. The molecule has 1 aromatic carbocycles. The van der Waals surface area contributed by atoms with E-state index in [2.05, 4.69) is 6.92 Å². The van der Waals surface area contributed by atoms with E-state index in [-0.39, 0.29) is 6.04 Å². The molecule has 0 fully saturated rings. The van der Waals surface area contributed by atoms with Crippen LogP contribution >= 0.6 is 0 Å². The van der Waals surface area contributed by atoms with Gasteiger partial charge in [0.05, 0.1) is 6.61 Å². The molecule has 0 saturated heterocycles. The van der Waals surface area contributed by atoms with Crippen LogP contribution in [0.25, 0.3) is 0 Å². The lowest BCUT2D eigenvalue weighted by atomic mass is 10.1. The maximum atomic E-state index is 5.72. The van der Waals surface area contributed by atoms with E-state index in [0.29, 0.717) is 0 Å². The Bertz CT molecular complexity index is 241. The van der Waals surface area contributed by atoms with E-state index in [9.17, 15) is 0 Å². The van der Waals surface area contributed by atoms with Gasteiger partial charge in [-0.1, -0.05) is 19.1 Å². The predicted molar refractivity (Wildman–Crippen MR) is 54.8 cm³/mol. The van der Waals surface area contributed by atoms with Gasteiger partial charge in [0, 0.05) is 6.04 Å². The molecule has 0 aliphatic rings. The van der Waals surface area contributed by atoms with Crippen molar-refractivity contribution in [1.29, 1.82) is 0 Å². The maximum Gasteiger partial charge on any atom is 0.119 e. The van der Waals surface area contributed by atoms with Crippen molar-refractivity contribution >= 4 is 0 Å². The van der Waals surface area contributed by atoms with E-state index in [1.807, 2.05) is 31.2 Å². The lowest BCUT2D eigenvalue weighted by Crippen LogP contribution is -2.04. The summed E-state index contributed by atoms with van der Waals surface area (Å²) in [6.45, 7) is 4.84. The van der Waals surface area contributed by atoms with Crippen molar-refractivity contribution in [3.63, 3.8) is 0 Å². The van der Waals surface area contributed by atoms with Gasteiger partial charge >= 0.3 is 0 Å². The number of benzene rings is 1. The zero-order valence-electron chi connectivity index (χ0n) is 8.29. The van der Waals surface area contributed by atoms with Gasteiger partial charge in [0.25, 0.3) is 0 Å². The molecule has 0 spiro atoms. The van der Waals surface area contributed by atoms with E-state index in [1.54, 1.807) is 0 Å². The molecule has 0 saturated carbocycles. The minimum atomic E-state index is 0.0974. The third-order valence-corrected chi connectivity index (χ3v) is 1.88. The fourth-order valence-corrected chi connectivity index (χ4v) is 1.09. The third-order valence-electron chi connectivity index (χ3n) is 1.88. The van der Waals surface area contributed by atoms with Gasteiger partial charge in [-0.05, 0) is 31.0 Å². The summed E-state index contributed by atoms with van der Waals surface area (Å²) in [4.78, 5) is 0. The van der Waals surface area contributed by atoms with E-state index >= 15 is 0 Å². The van der Waals surface area contributed by atoms with Crippen LogP contribution in [0.2, 0.25) is 0 Å². The van der Waals surface area contributed by atoms with Gasteiger partial charge in [-0.25, -0.2) is 0 Å². The van der Waals surface area contributed by atoms with Crippen molar-refractivity contribution in [2.24, 2.45) is 5.73 Å². The van der Waals surface area contributed by atoms with Crippen molar-refractivity contribution < 1.29 is 4.74 Å². The van der Waals surface area contributed by atoms with E-state index < -0.39 is 0 Å². The van der Waals surface area contributed by atoms with E-state index in [0.717, 1.165) is 24.3 Å². The molecule has 1 rings (SSSR count). The summed E-state index contributed by atoms with van der Waals surface area (Å²) in [5.41, 5.74) is 6.87. The zero-order chi connectivity index (χ0) is 9.68. The number of hydrogen-bond acceptors (Lipinski definition) is 2. The molecule has 0 bridgehead atoms. The van der Waals surface area contributed by atoms with Crippen LogP contribution in [0.4, 0.5) is 0 Å². The van der Waals surface area contributed by atoms with Crippen LogP contribution in [0.1, 0.15) is 31.9 Å². The summed E-state index contributed by atoms with van der Waals surface area (Å²) in [7, 11) is 0. The van der Waals surface area contributed by atoms with Gasteiger partial charge in [0.2, 0.25) is 0 Å². The second-order valence-corrected chi connectivity index (χ2v) is 3.21. The lowest BCUT2D eigenvalue weighted by molar-refractivity contribution is 0.317. The molecule has 13 heavy (non-hydrogen) atoms. The van der Waals surface area contributed by atoms with Gasteiger partial charge in [0.1, 0.15) is 5.75 Å². The smallest absolute Gasteiger partial charge is 0.119 e. The number of ether oxygens (including phenoxy) is 1. The van der Waals surface area contributed by atoms with Gasteiger partial charge in [-0.15, -0.1) is 0 Å². The molecule has 2 heteroatoms. The topological polar surface area (TPSA) is 35.2 Å². The minimum absolute atomic E-state index is 0.0974. The molecule has 0 aliphatic heterocycles. The molecule has 2 nitrogen and oxygen atoms in total. The second-order valence-electron chi connectivity index (χ2n) is 3.21. The van der Waals surface area contributed by atoms with Gasteiger partial charge in [-0.2, -0.15) is 0 Å². The molecule has 0 heterocycles. The molecular formula is C11H17NO. The van der Waals surface area contributed by atoms with E-state index in [1.165, 1.54) is 0 Å². The van der Waals surface area contributed by atoms with Crippen molar-refractivity contribution in [3.05, 3.63) is 29.8 Å². The summed E-state index contributed by atoms with van der Waals surface area (Å²) in [6, 6.07) is 8.05. The Balaban J connectivity index is 2.59. The third kappa shape index (κ3) is 3.07. The minimum Gasteiger partial charge on any atom is -0.494 e. The van der Waals surface area contributed by atoms with Crippen LogP contribution in [0, 0.1) is 0 Å². The highest BCUT2D eigenvalue weighted by Crippen LogP contribution is 2.15. The maximum absolute atomic E-state index is 5.72. The first-order valence-corrected chi connectivity index (χ1v) is 4.72. The summed E-state index contributed by atoms with van der Waals surface area (Å²) in [5, 5.41) is 0. The fourth-order valence-electron chi connectivity index (χ4n) is 1.09.